The Morgan fingerprint density at radius 3 is 2.52 bits per heavy atom. The number of carbonyl (C=O) groups is 2. The third kappa shape index (κ3) is 5.68. The van der Waals surface area contributed by atoms with Gasteiger partial charge in [0.15, 0.2) is 0 Å². The summed E-state index contributed by atoms with van der Waals surface area (Å²) in [6.07, 6.45) is 0.192. The number of nitrogens with zero attached hydrogens (tertiary/aromatic N) is 2. The van der Waals surface area contributed by atoms with Crippen molar-refractivity contribution in [2.24, 2.45) is 0 Å². The van der Waals surface area contributed by atoms with Crippen LogP contribution < -0.4 is 10.2 Å². The highest BCUT2D eigenvalue weighted by molar-refractivity contribution is 5.99. The molecule has 7 heteroatoms. The highest BCUT2D eigenvalue weighted by atomic mass is 19.1. The average Bonchev–Trinajstić information content (AvgIpc) is 2.82. The minimum Gasteiger partial charge on any atom is -0.444 e. The number of anilines is 2. The molecule has 0 bridgehead atoms. The van der Waals surface area contributed by atoms with Gasteiger partial charge in [0.05, 0.1) is 11.4 Å². The molecule has 6 nitrogen and oxygen atoms in total. The first-order valence-corrected chi connectivity index (χ1v) is 10.9. The molecule has 0 aromatic heterocycles. The second-order valence-corrected chi connectivity index (χ2v) is 8.04. The Balaban J connectivity index is 1.47. The van der Waals surface area contributed by atoms with Crippen LogP contribution in [-0.2, 0) is 17.9 Å². The van der Waals surface area contributed by atoms with Crippen molar-refractivity contribution in [2.75, 3.05) is 23.3 Å². The van der Waals surface area contributed by atoms with Crippen molar-refractivity contribution in [3.8, 4) is 0 Å². The number of ether oxygens (including phenoxy) is 1. The van der Waals surface area contributed by atoms with Crippen LogP contribution in [0.5, 0.6) is 0 Å². The molecule has 1 fully saturated rings. The van der Waals surface area contributed by atoms with Crippen molar-refractivity contribution in [1.82, 2.24) is 4.90 Å². The molecule has 1 saturated heterocycles. The summed E-state index contributed by atoms with van der Waals surface area (Å²) in [5, 5.41) is 2.79. The van der Waals surface area contributed by atoms with Gasteiger partial charge < -0.3 is 9.64 Å². The molecule has 1 aliphatic rings. The summed E-state index contributed by atoms with van der Waals surface area (Å²) < 4.78 is 18.6. The van der Waals surface area contributed by atoms with Gasteiger partial charge in [-0.15, -0.1) is 0 Å². The number of hydrogen-bond donors (Lipinski definition) is 1. The van der Waals surface area contributed by atoms with Gasteiger partial charge in [-0.2, -0.15) is 0 Å². The van der Waals surface area contributed by atoms with Crippen LogP contribution in [0.3, 0.4) is 0 Å². The fraction of sp³-hybridized carbons (Fsp3) is 0.231. The molecule has 0 spiro atoms. The summed E-state index contributed by atoms with van der Waals surface area (Å²) in [4.78, 5) is 29.1. The highest BCUT2D eigenvalue weighted by Gasteiger charge is 2.28. The first-order chi connectivity index (χ1) is 16.0. The second-order valence-electron chi connectivity index (χ2n) is 8.04. The smallest absolute Gasteiger partial charge is 0.412 e. The Kier molecular flexibility index (Phi) is 6.88. The fourth-order valence-corrected chi connectivity index (χ4v) is 3.82. The van der Waals surface area contributed by atoms with E-state index in [4.69, 9.17) is 4.74 Å². The lowest BCUT2D eigenvalue weighted by Gasteiger charge is -2.36. The molecule has 3 aromatic carbocycles. The molecule has 1 aliphatic heterocycles. The number of halogens is 1. The van der Waals surface area contributed by atoms with Crippen molar-refractivity contribution < 1.29 is 18.7 Å². The van der Waals surface area contributed by atoms with E-state index in [2.05, 4.69) is 5.32 Å². The largest absolute Gasteiger partial charge is 0.444 e. The number of benzene rings is 3. The average molecular weight is 448 g/mol. The first kappa shape index (κ1) is 22.3. The first-order valence-electron chi connectivity index (χ1n) is 10.9. The molecule has 1 N–H and O–H groups in total. The van der Waals surface area contributed by atoms with Crippen molar-refractivity contribution >= 4 is 23.5 Å². The summed E-state index contributed by atoms with van der Waals surface area (Å²) in [5.74, 6) is -0.306. The van der Waals surface area contributed by atoms with E-state index in [1.54, 1.807) is 21.9 Å². The van der Waals surface area contributed by atoms with Gasteiger partial charge in [0.25, 0.3) is 0 Å². The van der Waals surface area contributed by atoms with Crippen LogP contribution in [0.25, 0.3) is 0 Å². The van der Waals surface area contributed by atoms with Crippen LogP contribution in [0.2, 0.25) is 0 Å². The summed E-state index contributed by atoms with van der Waals surface area (Å²) in [5.41, 5.74) is 3.83. The third-order valence-corrected chi connectivity index (χ3v) is 5.49. The van der Waals surface area contributed by atoms with Gasteiger partial charge in [0.2, 0.25) is 0 Å². The Bertz CT molecular complexity index is 1120. The van der Waals surface area contributed by atoms with Gasteiger partial charge in [-0.25, -0.2) is 14.0 Å². The SMILES string of the molecule is Cc1ccc(N2CCCN(Cc3ccc(F)cc3)C2=O)c(NC(=O)OCc2ccccc2)c1. The van der Waals surface area contributed by atoms with Gasteiger partial charge in [-0.1, -0.05) is 48.5 Å². The second kappa shape index (κ2) is 10.2. The lowest BCUT2D eigenvalue weighted by molar-refractivity contribution is 0.155. The topological polar surface area (TPSA) is 61.9 Å². The standard InChI is InChI=1S/C26H26FN3O3/c1-19-8-13-24(23(16-19)28-25(31)33-18-21-6-3-2-4-7-21)30-15-5-14-29(26(30)32)17-20-9-11-22(27)12-10-20/h2-4,6-13,16H,5,14-15,17-18H2,1H3,(H,28,31). The minimum absolute atomic E-state index is 0.155. The molecule has 170 valence electrons. The van der Waals surface area contributed by atoms with Crippen LogP contribution >= 0.6 is 0 Å². The number of rotatable bonds is 6. The van der Waals surface area contributed by atoms with Crippen molar-refractivity contribution in [3.05, 3.63) is 95.3 Å². The van der Waals surface area contributed by atoms with Crippen LogP contribution in [0.15, 0.2) is 72.8 Å². The van der Waals surface area contributed by atoms with Crippen molar-refractivity contribution in [2.45, 2.75) is 26.5 Å². The zero-order valence-corrected chi connectivity index (χ0v) is 18.5. The van der Waals surface area contributed by atoms with Crippen LogP contribution in [0.4, 0.5) is 25.4 Å². The maximum absolute atomic E-state index is 13.3. The van der Waals surface area contributed by atoms with Gasteiger partial charge in [0, 0.05) is 19.6 Å². The van der Waals surface area contributed by atoms with E-state index >= 15 is 0 Å². The Hall–Kier alpha value is -3.87. The minimum atomic E-state index is -0.585. The quantitative estimate of drug-likeness (QED) is 0.526. The fourth-order valence-electron chi connectivity index (χ4n) is 3.82. The van der Waals surface area contributed by atoms with Gasteiger partial charge in [-0.05, 0) is 54.3 Å². The molecule has 0 saturated carbocycles. The van der Waals surface area contributed by atoms with Crippen molar-refractivity contribution in [1.29, 1.82) is 0 Å². The Labute approximate surface area is 192 Å². The monoisotopic (exact) mass is 447 g/mol. The summed E-state index contributed by atoms with van der Waals surface area (Å²) in [6, 6.07) is 21.0. The molecular formula is C26H26FN3O3. The molecule has 0 aliphatic carbocycles. The van der Waals surface area contributed by atoms with Crippen LogP contribution in [0.1, 0.15) is 23.1 Å². The molecule has 33 heavy (non-hydrogen) atoms. The number of aryl methyl sites for hydroxylation is 1. The van der Waals surface area contributed by atoms with Crippen LogP contribution in [0, 0.1) is 12.7 Å². The van der Waals surface area contributed by atoms with Gasteiger partial charge in [0.1, 0.15) is 12.4 Å². The highest BCUT2D eigenvalue weighted by Crippen LogP contribution is 2.30. The molecule has 0 unspecified atom stereocenters. The summed E-state index contributed by atoms with van der Waals surface area (Å²) in [7, 11) is 0. The molecular weight excluding hydrogens is 421 g/mol. The Morgan fingerprint density at radius 2 is 1.76 bits per heavy atom. The predicted octanol–water partition coefficient (Wildman–Crippen LogP) is 5.72. The Morgan fingerprint density at radius 1 is 1.00 bits per heavy atom. The number of nitrogens with one attached hydrogen (secondary N) is 1. The lowest BCUT2D eigenvalue weighted by atomic mass is 10.1. The predicted molar refractivity (Wildman–Crippen MR) is 126 cm³/mol. The van der Waals surface area contributed by atoms with E-state index in [9.17, 15) is 14.0 Å². The molecule has 3 amide bonds. The van der Waals surface area contributed by atoms with Crippen LogP contribution in [-0.4, -0.2) is 30.1 Å². The van der Waals surface area contributed by atoms with E-state index in [0.717, 1.165) is 23.1 Å². The number of hydrogen-bond acceptors (Lipinski definition) is 3. The molecule has 3 aromatic rings. The normalized spacial score (nSPS) is 13.7. The summed E-state index contributed by atoms with van der Waals surface area (Å²) in [6.45, 7) is 3.62. The zero-order chi connectivity index (χ0) is 23.2. The van der Waals surface area contributed by atoms with E-state index < -0.39 is 6.09 Å². The number of urea groups is 1. The lowest BCUT2D eigenvalue weighted by Crippen LogP contribution is -2.49. The van der Waals surface area contributed by atoms with E-state index in [-0.39, 0.29) is 18.5 Å². The maximum Gasteiger partial charge on any atom is 0.412 e. The molecule has 4 rings (SSSR count). The van der Waals surface area contributed by atoms with Gasteiger partial charge in [-0.3, -0.25) is 10.2 Å². The zero-order valence-electron chi connectivity index (χ0n) is 18.5. The maximum atomic E-state index is 13.3. The van der Waals surface area contributed by atoms with E-state index in [1.165, 1.54) is 12.1 Å². The molecule has 1 heterocycles. The van der Waals surface area contributed by atoms with Gasteiger partial charge >= 0.3 is 12.1 Å². The molecule has 0 atom stereocenters. The summed E-state index contributed by atoms with van der Waals surface area (Å²) >= 11 is 0. The van der Waals surface area contributed by atoms with Crippen molar-refractivity contribution in [3.63, 3.8) is 0 Å². The third-order valence-electron chi connectivity index (χ3n) is 5.49. The van der Waals surface area contributed by atoms with E-state index in [0.29, 0.717) is 31.0 Å². The number of carbonyl (C=O) groups excluding carboxylic acids is 2. The molecule has 0 radical (unpaired) electrons. The number of amides is 3. The van der Waals surface area contributed by atoms with E-state index in [1.807, 2.05) is 55.5 Å².